The zero-order chi connectivity index (χ0) is 24.1. The van der Waals surface area contributed by atoms with Crippen molar-refractivity contribution in [3.63, 3.8) is 0 Å². The van der Waals surface area contributed by atoms with Crippen LogP contribution in [0.15, 0.2) is 24.3 Å². The molecule has 3 aliphatic rings. The number of benzene rings is 1. The lowest BCUT2D eigenvalue weighted by Gasteiger charge is -2.53. The van der Waals surface area contributed by atoms with E-state index in [9.17, 15) is 19.2 Å². The van der Waals surface area contributed by atoms with Gasteiger partial charge in [0.1, 0.15) is 5.78 Å². The lowest BCUT2D eigenvalue weighted by Crippen LogP contribution is -2.65. The molecule has 8 heteroatoms. The Morgan fingerprint density at radius 1 is 1.21 bits per heavy atom. The molecule has 0 spiro atoms. The lowest BCUT2D eigenvalue weighted by molar-refractivity contribution is -0.172. The fourth-order valence-electron chi connectivity index (χ4n) is 6.36. The van der Waals surface area contributed by atoms with E-state index in [2.05, 4.69) is 0 Å². The molecule has 1 aromatic carbocycles. The average Bonchev–Trinajstić information content (AvgIpc) is 3.09. The smallest absolute Gasteiger partial charge is 0.311 e. The van der Waals surface area contributed by atoms with Crippen molar-refractivity contribution in [3.05, 3.63) is 29.8 Å². The molecular formula is C25H32N2O6. The predicted octanol–water partition coefficient (Wildman–Crippen LogP) is 1.94. The molecule has 2 aliphatic heterocycles. The molecule has 1 saturated heterocycles. The van der Waals surface area contributed by atoms with E-state index in [1.807, 2.05) is 31.2 Å². The van der Waals surface area contributed by atoms with E-state index in [0.29, 0.717) is 19.6 Å². The van der Waals surface area contributed by atoms with Gasteiger partial charge in [-0.05, 0) is 30.9 Å². The van der Waals surface area contributed by atoms with Crippen LogP contribution in [0.1, 0.15) is 39.2 Å². The molecule has 2 heterocycles. The van der Waals surface area contributed by atoms with Crippen LogP contribution in [0.4, 0.5) is 5.69 Å². The van der Waals surface area contributed by atoms with E-state index < -0.39 is 23.3 Å². The van der Waals surface area contributed by atoms with Gasteiger partial charge in [-0.2, -0.15) is 0 Å². The van der Waals surface area contributed by atoms with Crippen molar-refractivity contribution in [3.8, 4) is 0 Å². The van der Waals surface area contributed by atoms with Crippen LogP contribution in [0.2, 0.25) is 0 Å². The molecule has 8 nitrogen and oxygen atoms in total. The fourth-order valence-corrected chi connectivity index (χ4v) is 6.36. The Labute approximate surface area is 194 Å². The highest BCUT2D eigenvalue weighted by molar-refractivity contribution is 6.04. The van der Waals surface area contributed by atoms with Crippen molar-refractivity contribution in [2.24, 2.45) is 17.8 Å². The first-order chi connectivity index (χ1) is 15.6. The van der Waals surface area contributed by atoms with Crippen LogP contribution in [0.5, 0.6) is 0 Å². The Bertz CT molecular complexity index is 993. The number of esters is 1. The van der Waals surface area contributed by atoms with E-state index in [1.165, 1.54) is 21.0 Å². The van der Waals surface area contributed by atoms with Gasteiger partial charge in [-0.3, -0.25) is 19.2 Å². The van der Waals surface area contributed by atoms with Gasteiger partial charge in [-0.15, -0.1) is 0 Å². The van der Waals surface area contributed by atoms with Gasteiger partial charge in [-0.25, -0.2) is 0 Å². The number of ketones is 1. The number of nitrogens with zero attached hydrogens (tertiary/aromatic N) is 2. The van der Waals surface area contributed by atoms with Gasteiger partial charge in [0.25, 0.3) is 0 Å². The summed E-state index contributed by atoms with van der Waals surface area (Å²) in [5, 5.41) is 0. The summed E-state index contributed by atoms with van der Waals surface area (Å²) in [6.07, 6.45) is 0.227. The first kappa shape index (κ1) is 23.4. The number of carbonyl (C=O) groups excluding carboxylic acids is 4. The summed E-state index contributed by atoms with van der Waals surface area (Å²) >= 11 is 0. The highest BCUT2D eigenvalue weighted by Gasteiger charge is 2.65. The first-order valence-corrected chi connectivity index (χ1v) is 11.5. The molecule has 0 bridgehead atoms. The largest absolute Gasteiger partial charge is 0.469 e. The maximum Gasteiger partial charge on any atom is 0.311 e. The number of hydrogen-bond donors (Lipinski definition) is 0. The van der Waals surface area contributed by atoms with Gasteiger partial charge in [0.2, 0.25) is 11.8 Å². The van der Waals surface area contributed by atoms with Crippen LogP contribution >= 0.6 is 0 Å². The second kappa shape index (κ2) is 8.56. The van der Waals surface area contributed by atoms with Crippen LogP contribution in [-0.2, 0) is 34.1 Å². The number of rotatable bonds is 4. The average molecular weight is 457 g/mol. The molecule has 2 amide bonds. The van der Waals surface area contributed by atoms with E-state index in [-0.39, 0.29) is 42.0 Å². The highest BCUT2D eigenvalue weighted by Crippen LogP contribution is 2.58. The number of fused-ring (bicyclic) bond motifs is 5. The number of methoxy groups -OCH3 is 1. The molecule has 2 fully saturated rings. The first-order valence-electron chi connectivity index (χ1n) is 11.5. The second-order valence-corrected chi connectivity index (χ2v) is 9.56. The molecule has 0 radical (unpaired) electrons. The molecule has 6 atom stereocenters. The van der Waals surface area contributed by atoms with Crippen molar-refractivity contribution in [1.29, 1.82) is 0 Å². The monoisotopic (exact) mass is 456 g/mol. The van der Waals surface area contributed by atoms with Crippen LogP contribution in [0.25, 0.3) is 0 Å². The van der Waals surface area contributed by atoms with E-state index in [1.54, 1.807) is 16.8 Å². The van der Waals surface area contributed by atoms with Gasteiger partial charge >= 0.3 is 5.97 Å². The predicted molar refractivity (Wildman–Crippen MR) is 121 cm³/mol. The Morgan fingerprint density at radius 2 is 1.91 bits per heavy atom. The molecular weight excluding hydrogens is 424 g/mol. The Kier molecular flexibility index (Phi) is 6.07. The van der Waals surface area contributed by atoms with Crippen molar-refractivity contribution in [1.82, 2.24) is 4.90 Å². The van der Waals surface area contributed by atoms with E-state index >= 15 is 0 Å². The summed E-state index contributed by atoms with van der Waals surface area (Å²) in [6, 6.07) is 7.05. The molecule has 178 valence electrons. The van der Waals surface area contributed by atoms with Crippen LogP contribution < -0.4 is 4.90 Å². The number of Topliss-reactive ketones (excluding diaryl/α,β-unsaturated/α-hetero) is 1. The minimum absolute atomic E-state index is 0.00454. The summed E-state index contributed by atoms with van der Waals surface area (Å²) < 4.78 is 11.1. The normalized spacial score (nSPS) is 32.5. The summed E-state index contributed by atoms with van der Waals surface area (Å²) in [5.41, 5.74) is 0.583. The molecule has 0 unspecified atom stereocenters. The van der Waals surface area contributed by atoms with Crippen LogP contribution in [0.3, 0.4) is 0 Å². The minimum atomic E-state index is -0.961. The van der Waals surface area contributed by atoms with Gasteiger partial charge in [0.15, 0.2) is 0 Å². The zero-order valence-corrected chi connectivity index (χ0v) is 19.9. The number of amides is 2. The van der Waals surface area contributed by atoms with Gasteiger partial charge in [0, 0.05) is 45.5 Å². The second-order valence-electron chi connectivity index (χ2n) is 9.56. The molecule has 1 saturated carbocycles. The third-order valence-corrected chi connectivity index (χ3v) is 8.01. The molecule has 0 aromatic heterocycles. The van der Waals surface area contributed by atoms with Crippen LogP contribution in [-0.4, -0.2) is 67.9 Å². The molecule has 1 aromatic rings. The molecule has 33 heavy (non-hydrogen) atoms. The standard InChI is InChI=1S/C25H32N2O6/c1-14-22(24(31)32-5)17-12-21(30)25(10-11-26(4)15(2)28)19-8-6-7-9-20(19)27(16(3)29)23(25)18(17)13-33-14/h6-9,14,17-18,22-23H,10-13H2,1-5H3/t14-,17-,18-,22+,23+,25-/m1/s1. The van der Waals surface area contributed by atoms with Crippen molar-refractivity contribution in [2.75, 3.05) is 32.2 Å². The zero-order valence-electron chi connectivity index (χ0n) is 19.9. The topological polar surface area (TPSA) is 93.2 Å². The van der Waals surface area contributed by atoms with Gasteiger partial charge in [-0.1, -0.05) is 18.2 Å². The summed E-state index contributed by atoms with van der Waals surface area (Å²) in [7, 11) is 3.06. The summed E-state index contributed by atoms with van der Waals surface area (Å²) in [5.74, 6) is -1.71. The Morgan fingerprint density at radius 3 is 2.55 bits per heavy atom. The van der Waals surface area contributed by atoms with Gasteiger partial charge < -0.3 is 19.3 Å². The number of ether oxygens (including phenoxy) is 2. The van der Waals surface area contributed by atoms with Crippen molar-refractivity contribution in [2.45, 2.75) is 51.2 Å². The molecule has 1 aliphatic carbocycles. The quantitative estimate of drug-likeness (QED) is 0.643. The number of para-hydroxylation sites is 1. The van der Waals surface area contributed by atoms with Crippen molar-refractivity contribution < 1.29 is 28.7 Å². The number of anilines is 1. The lowest BCUT2D eigenvalue weighted by atomic mass is 9.55. The Balaban J connectivity index is 1.86. The van der Waals surface area contributed by atoms with Crippen molar-refractivity contribution >= 4 is 29.3 Å². The third-order valence-electron chi connectivity index (χ3n) is 8.01. The fraction of sp³-hybridized carbons (Fsp3) is 0.600. The maximum atomic E-state index is 14.1. The summed E-state index contributed by atoms with van der Waals surface area (Å²) in [4.78, 5) is 55.0. The number of hydrogen-bond acceptors (Lipinski definition) is 6. The van der Waals surface area contributed by atoms with E-state index in [4.69, 9.17) is 9.47 Å². The van der Waals surface area contributed by atoms with Gasteiger partial charge in [0.05, 0.1) is 37.2 Å². The maximum absolute atomic E-state index is 14.1. The summed E-state index contributed by atoms with van der Waals surface area (Å²) in [6.45, 7) is 5.56. The van der Waals surface area contributed by atoms with Crippen LogP contribution in [0, 0.1) is 17.8 Å². The SMILES string of the molecule is COC(=O)[C@@H]1[C@@H]2CC(=O)[C@@]3(CCN(C)C(C)=O)c4ccccc4N(C(C)=O)[C@H]3[C@@H]2CO[C@@H]1C. The van der Waals surface area contributed by atoms with E-state index in [0.717, 1.165) is 11.3 Å². The molecule has 0 N–H and O–H groups in total. The number of carbonyl (C=O) groups is 4. The Hall–Kier alpha value is -2.74. The minimum Gasteiger partial charge on any atom is -0.469 e. The highest BCUT2D eigenvalue weighted by atomic mass is 16.5. The third kappa shape index (κ3) is 3.46. The molecule has 4 rings (SSSR count).